The lowest BCUT2D eigenvalue weighted by atomic mass is 10.0. The molecule has 1 fully saturated rings. The molecule has 0 unspecified atom stereocenters. The first-order chi connectivity index (χ1) is 12.0. The van der Waals surface area contributed by atoms with E-state index in [1.807, 2.05) is 49.1 Å². The fourth-order valence-electron chi connectivity index (χ4n) is 3.90. The third kappa shape index (κ3) is 2.72. The van der Waals surface area contributed by atoms with Gasteiger partial charge < -0.3 is 9.47 Å². The molecule has 4 heteroatoms. The number of aromatic nitrogens is 2. The van der Waals surface area contributed by atoms with Crippen molar-refractivity contribution in [3.05, 3.63) is 65.0 Å². The molecule has 1 aliphatic rings. The summed E-state index contributed by atoms with van der Waals surface area (Å²) < 4.78 is 2.30. The fraction of sp³-hybridized carbons (Fsp3) is 0.333. The minimum Gasteiger partial charge on any atom is -0.336 e. The summed E-state index contributed by atoms with van der Waals surface area (Å²) in [5.74, 6) is 1.16. The quantitative estimate of drug-likeness (QED) is 0.709. The standard InChI is InChI=1S/C21H23N3O/c1-14-8-9-15(2)18(12-14)21(25)23-11-10-17(13-23)24-16(3)22-19-6-4-5-7-20(19)24/h4-9,12,17H,10-11,13H2,1-3H3/t17-/m1/s1. The Bertz CT molecular complexity index is 957. The van der Waals surface area contributed by atoms with Gasteiger partial charge in [0.1, 0.15) is 5.82 Å². The number of rotatable bonds is 2. The van der Waals surface area contributed by atoms with Crippen LogP contribution in [0.2, 0.25) is 0 Å². The molecular weight excluding hydrogens is 310 g/mol. The van der Waals surface area contributed by atoms with E-state index >= 15 is 0 Å². The molecule has 25 heavy (non-hydrogen) atoms. The van der Waals surface area contributed by atoms with Gasteiger partial charge in [0.25, 0.3) is 5.91 Å². The predicted molar refractivity (Wildman–Crippen MR) is 99.9 cm³/mol. The molecule has 0 spiro atoms. The summed E-state index contributed by atoms with van der Waals surface area (Å²) in [6.45, 7) is 7.63. The summed E-state index contributed by atoms with van der Waals surface area (Å²) in [6.07, 6.45) is 0.970. The number of fused-ring (bicyclic) bond motifs is 1. The molecule has 1 saturated heterocycles. The first kappa shape index (κ1) is 15.9. The van der Waals surface area contributed by atoms with Gasteiger partial charge in [0.05, 0.1) is 17.1 Å². The van der Waals surface area contributed by atoms with E-state index in [2.05, 4.69) is 28.6 Å². The van der Waals surface area contributed by atoms with Crippen LogP contribution in [-0.2, 0) is 0 Å². The van der Waals surface area contributed by atoms with Crippen molar-refractivity contribution in [1.82, 2.24) is 14.5 Å². The topological polar surface area (TPSA) is 38.1 Å². The van der Waals surface area contributed by atoms with Crippen LogP contribution in [0.3, 0.4) is 0 Å². The molecule has 0 bridgehead atoms. The van der Waals surface area contributed by atoms with Gasteiger partial charge in [-0.15, -0.1) is 0 Å². The average molecular weight is 333 g/mol. The van der Waals surface area contributed by atoms with Crippen LogP contribution >= 0.6 is 0 Å². The summed E-state index contributed by atoms with van der Waals surface area (Å²) in [6, 6.07) is 14.6. The molecule has 0 radical (unpaired) electrons. The van der Waals surface area contributed by atoms with Gasteiger partial charge >= 0.3 is 0 Å². The van der Waals surface area contributed by atoms with Crippen molar-refractivity contribution in [2.75, 3.05) is 13.1 Å². The van der Waals surface area contributed by atoms with E-state index in [9.17, 15) is 4.79 Å². The van der Waals surface area contributed by atoms with Gasteiger partial charge in [0.15, 0.2) is 0 Å². The predicted octanol–water partition coefficient (Wildman–Crippen LogP) is 4.05. The van der Waals surface area contributed by atoms with E-state index in [0.29, 0.717) is 6.04 Å². The second-order valence-electron chi connectivity index (χ2n) is 7.03. The average Bonchev–Trinajstić information content (AvgIpc) is 3.19. The minimum absolute atomic E-state index is 0.144. The highest BCUT2D eigenvalue weighted by atomic mass is 16.2. The van der Waals surface area contributed by atoms with Crippen molar-refractivity contribution < 1.29 is 4.79 Å². The number of amides is 1. The molecule has 4 nitrogen and oxygen atoms in total. The molecule has 1 amide bonds. The Balaban J connectivity index is 1.62. The molecule has 0 aliphatic carbocycles. The number of likely N-dealkylation sites (tertiary alicyclic amines) is 1. The fourth-order valence-corrected chi connectivity index (χ4v) is 3.90. The van der Waals surface area contributed by atoms with Crippen LogP contribution in [0.5, 0.6) is 0 Å². The molecular formula is C21H23N3O. The number of carbonyl (C=O) groups is 1. The van der Waals surface area contributed by atoms with Gasteiger partial charge in [-0.25, -0.2) is 4.98 Å². The van der Waals surface area contributed by atoms with Crippen LogP contribution in [0, 0.1) is 20.8 Å². The summed E-state index contributed by atoms with van der Waals surface area (Å²) in [7, 11) is 0. The van der Waals surface area contributed by atoms with Gasteiger partial charge in [0, 0.05) is 18.7 Å². The van der Waals surface area contributed by atoms with Gasteiger partial charge in [0.2, 0.25) is 0 Å². The molecule has 0 N–H and O–H groups in total. The lowest BCUT2D eigenvalue weighted by Crippen LogP contribution is -2.29. The lowest BCUT2D eigenvalue weighted by Gasteiger charge is -2.19. The highest BCUT2D eigenvalue weighted by Gasteiger charge is 2.30. The van der Waals surface area contributed by atoms with Crippen LogP contribution in [-0.4, -0.2) is 33.4 Å². The van der Waals surface area contributed by atoms with E-state index in [-0.39, 0.29) is 5.91 Å². The molecule has 2 heterocycles. The largest absolute Gasteiger partial charge is 0.336 e. The SMILES string of the molecule is Cc1ccc(C)c(C(=O)N2CC[C@@H](n3c(C)nc4ccccc43)C2)c1. The molecule has 1 aliphatic heterocycles. The van der Waals surface area contributed by atoms with Crippen molar-refractivity contribution in [1.29, 1.82) is 0 Å². The van der Waals surface area contributed by atoms with Gasteiger partial charge in [-0.1, -0.05) is 29.8 Å². The van der Waals surface area contributed by atoms with Crippen LogP contribution in [0.4, 0.5) is 0 Å². The van der Waals surface area contributed by atoms with Crippen molar-refractivity contribution >= 4 is 16.9 Å². The summed E-state index contributed by atoms with van der Waals surface area (Å²) in [4.78, 5) is 19.6. The maximum Gasteiger partial charge on any atom is 0.254 e. The Morgan fingerprint density at radius 3 is 2.76 bits per heavy atom. The Labute approximate surface area is 148 Å². The maximum atomic E-state index is 13.0. The Kier molecular flexibility index (Phi) is 3.83. The van der Waals surface area contributed by atoms with Crippen molar-refractivity contribution in [3.63, 3.8) is 0 Å². The van der Waals surface area contributed by atoms with Crippen LogP contribution in [0.25, 0.3) is 11.0 Å². The maximum absolute atomic E-state index is 13.0. The van der Waals surface area contributed by atoms with Crippen LogP contribution in [0.15, 0.2) is 42.5 Å². The molecule has 4 rings (SSSR count). The normalized spacial score (nSPS) is 17.4. The lowest BCUT2D eigenvalue weighted by molar-refractivity contribution is 0.0787. The third-order valence-corrected chi connectivity index (χ3v) is 5.21. The van der Waals surface area contributed by atoms with E-state index in [1.54, 1.807) is 0 Å². The smallest absolute Gasteiger partial charge is 0.254 e. The van der Waals surface area contributed by atoms with Gasteiger partial charge in [-0.2, -0.15) is 0 Å². The Hall–Kier alpha value is -2.62. The highest BCUT2D eigenvalue weighted by molar-refractivity contribution is 5.96. The zero-order valence-electron chi connectivity index (χ0n) is 15.0. The molecule has 3 aromatic rings. The van der Waals surface area contributed by atoms with E-state index in [0.717, 1.165) is 53.1 Å². The van der Waals surface area contributed by atoms with Crippen molar-refractivity contribution in [3.8, 4) is 0 Å². The Morgan fingerprint density at radius 1 is 1.12 bits per heavy atom. The second-order valence-corrected chi connectivity index (χ2v) is 7.03. The number of nitrogens with zero attached hydrogens (tertiary/aromatic N) is 3. The monoisotopic (exact) mass is 333 g/mol. The summed E-state index contributed by atoms with van der Waals surface area (Å²) in [5, 5.41) is 0. The number of para-hydroxylation sites is 2. The van der Waals surface area contributed by atoms with E-state index in [1.165, 1.54) is 0 Å². The summed E-state index contributed by atoms with van der Waals surface area (Å²) in [5.41, 5.74) is 5.18. The van der Waals surface area contributed by atoms with E-state index in [4.69, 9.17) is 0 Å². The molecule has 0 saturated carbocycles. The first-order valence-electron chi connectivity index (χ1n) is 8.84. The number of hydrogen-bond acceptors (Lipinski definition) is 2. The van der Waals surface area contributed by atoms with Gasteiger partial charge in [-0.3, -0.25) is 4.79 Å². The summed E-state index contributed by atoms with van der Waals surface area (Å²) >= 11 is 0. The molecule has 1 aromatic heterocycles. The number of hydrogen-bond donors (Lipinski definition) is 0. The second kappa shape index (κ2) is 6.03. The van der Waals surface area contributed by atoms with Gasteiger partial charge in [-0.05, 0) is 51.0 Å². The van der Waals surface area contributed by atoms with Crippen molar-refractivity contribution in [2.45, 2.75) is 33.2 Å². The molecule has 128 valence electrons. The number of aryl methyl sites for hydroxylation is 3. The molecule has 2 aromatic carbocycles. The number of benzene rings is 2. The Morgan fingerprint density at radius 2 is 1.92 bits per heavy atom. The van der Waals surface area contributed by atoms with Crippen molar-refractivity contribution in [2.24, 2.45) is 0 Å². The third-order valence-electron chi connectivity index (χ3n) is 5.21. The van der Waals surface area contributed by atoms with Crippen LogP contribution < -0.4 is 0 Å². The minimum atomic E-state index is 0.144. The number of carbonyl (C=O) groups excluding carboxylic acids is 1. The highest BCUT2D eigenvalue weighted by Crippen LogP contribution is 2.29. The zero-order chi connectivity index (χ0) is 17.6. The van der Waals surface area contributed by atoms with E-state index < -0.39 is 0 Å². The van der Waals surface area contributed by atoms with Crippen LogP contribution in [0.1, 0.15) is 39.8 Å². The zero-order valence-corrected chi connectivity index (χ0v) is 15.0. The first-order valence-corrected chi connectivity index (χ1v) is 8.84. The molecule has 1 atom stereocenters. The number of imidazole rings is 1.